The highest BCUT2D eigenvalue weighted by atomic mass is 16.5. The van der Waals surface area contributed by atoms with Crippen LogP contribution < -0.4 is 10.6 Å². The van der Waals surface area contributed by atoms with Gasteiger partial charge in [-0.05, 0) is 50.3 Å². The van der Waals surface area contributed by atoms with Gasteiger partial charge in [0.05, 0.1) is 23.0 Å². The highest BCUT2D eigenvalue weighted by Crippen LogP contribution is 2.63. The second-order valence-corrected chi connectivity index (χ2v) is 11.9. The zero-order chi connectivity index (χ0) is 29.3. The van der Waals surface area contributed by atoms with Gasteiger partial charge < -0.3 is 25.4 Å². The van der Waals surface area contributed by atoms with Crippen molar-refractivity contribution in [2.75, 3.05) is 13.2 Å². The van der Waals surface area contributed by atoms with Gasteiger partial charge >= 0.3 is 0 Å². The molecule has 222 valence electrons. The largest absolute Gasteiger partial charge is 0.396 e. The third kappa shape index (κ3) is 4.84. The molecule has 2 aromatic carbocycles. The van der Waals surface area contributed by atoms with Crippen molar-refractivity contribution in [1.82, 2.24) is 30.5 Å². The number of hydrogen-bond acceptors (Lipinski definition) is 7. The summed E-state index contributed by atoms with van der Waals surface area (Å²) in [6, 6.07) is 16.3. The molecule has 3 aliphatic rings. The number of amides is 3. The number of likely N-dealkylation sites (tertiary alicyclic amines) is 1. The Hall–Kier alpha value is -3.83. The van der Waals surface area contributed by atoms with Crippen molar-refractivity contribution in [2.45, 2.75) is 75.9 Å². The molecule has 2 unspecified atom stereocenters. The molecular weight excluding hydrogens is 536 g/mol. The maximum Gasteiger partial charge on any atom is 0.247 e. The zero-order valence-electron chi connectivity index (χ0n) is 23.9. The molecule has 3 amide bonds. The van der Waals surface area contributed by atoms with Crippen LogP contribution in [0.5, 0.6) is 0 Å². The first-order valence-electron chi connectivity index (χ1n) is 14.9. The smallest absolute Gasteiger partial charge is 0.247 e. The summed E-state index contributed by atoms with van der Waals surface area (Å²) in [6.45, 7) is 2.85. The lowest BCUT2D eigenvalue weighted by Gasteiger charge is -2.33. The van der Waals surface area contributed by atoms with E-state index in [1.165, 1.54) is 0 Å². The first-order valence-corrected chi connectivity index (χ1v) is 14.9. The normalized spacial score (nSPS) is 27.9. The van der Waals surface area contributed by atoms with E-state index in [0.717, 1.165) is 29.4 Å². The molecule has 6 rings (SSSR count). The van der Waals surface area contributed by atoms with Crippen molar-refractivity contribution in [3.05, 3.63) is 60.2 Å². The van der Waals surface area contributed by atoms with Gasteiger partial charge in [0, 0.05) is 19.7 Å². The first-order chi connectivity index (χ1) is 20.4. The number of carbonyl (C=O) groups is 3. The van der Waals surface area contributed by atoms with Crippen LogP contribution in [0.15, 0.2) is 54.6 Å². The fourth-order valence-electron chi connectivity index (χ4n) is 7.29. The molecule has 3 aromatic rings. The molecule has 1 spiro atoms. The molecule has 4 heterocycles. The lowest BCUT2D eigenvalue weighted by Crippen LogP contribution is -2.55. The number of ether oxygens (including phenoxy) is 1. The minimum atomic E-state index is -1.08. The monoisotopic (exact) mass is 574 g/mol. The molecule has 1 aromatic heterocycles. The predicted octanol–water partition coefficient (Wildman–Crippen LogP) is 2.14. The Bertz CT molecular complexity index is 1460. The molecular formula is C31H38N6O5. The summed E-state index contributed by atoms with van der Waals surface area (Å²) in [5.74, 6) is -2.19. The lowest BCUT2D eigenvalue weighted by molar-refractivity contribution is -0.146. The van der Waals surface area contributed by atoms with Crippen molar-refractivity contribution in [3.8, 4) is 0 Å². The van der Waals surface area contributed by atoms with E-state index in [2.05, 4.69) is 20.9 Å². The van der Waals surface area contributed by atoms with E-state index in [-0.39, 0.29) is 31.0 Å². The Kier molecular flexibility index (Phi) is 7.71. The van der Waals surface area contributed by atoms with Crippen molar-refractivity contribution in [1.29, 1.82) is 0 Å². The van der Waals surface area contributed by atoms with Crippen LogP contribution in [0.1, 0.15) is 51.0 Å². The number of aliphatic hydroxyl groups is 1. The number of aromatic nitrogens is 3. The number of carbonyl (C=O) groups excluding carboxylic acids is 3. The van der Waals surface area contributed by atoms with Gasteiger partial charge in [-0.2, -0.15) is 0 Å². The molecule has 0 saturated carbocycles. The van der Waals surface area contributed by atoms with E-state index in [4.69, 9.17) is 9.84 Å². The summed E-state index contributed by atoms with van der Waals surface area (Å²) in [5, 5.41) is 23.5. The van der Waals surface area contributed by atoms with Crippen LogP contribution in [0.2, 0.25) is 0 Å². The number of hydrogen-bond donors (Lipinski definition) is 3. The minimum absolute atomic E-state index is 0.0907. The summed E-state index contributed by atoms with van der Waals surface area (Å²) < 4.78 is 8.31. The Morgan fingerprint density at radius 3 is 2.57 bits per heavy atom. The Balaban J connectivity index is 1.25. The van der Waals surface area contributed by atoms with E-state index in [9.17, 15) is 14.4 Å². The molecule has 5 atom stereocenters. The molecule has 11 heteroatoms. The number of benzene rings is 2. The second kappa shape index (κ2) is 11.4. The number of para-hydroxylation sites is 1. The summed E-state index contributed by atoms with van der Waals surface area (Å²) in [7, 11) is 0. The number of fused-ring (bicyclic) bond motifs is 2. The highest BCUT2D eigenvalue weighted by Gasteiger charge is 2.77. The molecule has 3 fully saturated rings. The van der Waals surface area contributed by atoms with E-state index in [0.29, 0.717) is 38.8 Å². The predicted molar refractivity (Wildman–Crippen MR) is 153 cm³/mol. The molecule has 3 N–H and O–H groups in total. The SMILES string of the molecule is C[C@@]12CCC3(O1)C(C(=O)NCn1nnc4ccccc41)N(CCCCCCO)C(=O)[C@@H]3[C@@H]2C(=O)NCc1ccccc1. The van der Waals surface area contributed by atoms with E-state index < -0.39 is 29.1 Å². The van der Waals surface area contributed by atoms with Gasteiger partial charge in [0.25, 0.3) is 0 Å². The summed E-state index contributed by atoms with van der Waals surface area (Å²) in [4.78, 5) is 43.5. The van der Waals surface area contributed by atoms with Crippen molar-refractivity contribution in [2.24, 2.45) is 11.8 Å². The molecule has 2 bridgehead atoms. The van der Waals surface area contributed by atoms with Gasteiger partial charge in [-0.15, -0.1) is 5.10 Å². The van der Waals surface area contributed by atoms with E-state index in [1.54, 1.807) is 9.58 Å². The Morgan fingerprint density at radius 2 is 1.76 bits per heavy atom. The van der Waals surface area contributed by atoms with Gasteiger partial charge in [0.1, 0.15) is 23.8 Å². The minimum Gasteiger partial charge on any atom is -0.396 e. The molecule has 3 saturated heterocycles. The quantitative estimate of drug-likeness (QED) is 0.282. The van der Waals surface area contributed by atoms with Crippen LogP contribution in [0.4, 0.5) is 0 Å². The number of nitrogens with zero attached hydrogens (tertiary/aromatic N) is 4. The fourth-order valence-corrected chi connectivity index (χ4v) is 7.29. The van der Waals surface area contributed by atoms with Crippen LogP contribution >= 0.6 is 0 Å². The Labute approximate surface area is 244 Å². The van der Waals surface area contributed by atoms with Crippen molar-refractivity contribution in [3.63, 3.8) is 0 Å². The van der Waals surface area contributed by atoms with Crippen molar-refractivity contribution >= 4 is 28.8 Å². The van der Waals surface area contributed by atoms with Crippen LogP contribution in [0.3, 0.4) is 0 Å². The fraction of sp³-hybridized carbons (Fsp3) is 0.516. The van der Waals surface area contributed by atoms with Gasteiger partial charge in [-0.1, -0.05) is 60.5 Å². The average Bonchev–Trinajstić information content (AvgIpc) is 3.71. The third-order valence-corrected chi connectivity index (χ3v) is 9.25. The zero-order valence-corrected chi connectivity index (χ0v) is 23.9. The van der Waals surface area contributed by atoms with E-state index >= 15 is 0 Å². The number of unbranched alkanes of at least 4 members (excludes halogenated alkanes) is 3. The maximum absolute atomic E-state index is 14.2. The van der Waals surface area contributed by atoms with Crippen LogP contribution in [-0.2, 0) is 32.3 Å². The van der Waals surface area contributed by atoms with Crippen LogP contribution in [0.25, 0.3) is 11.0 Å². The Morgan fingerprint density at radius 1 is 1.00 bits per heavy atom. The average molecular weight is 575 g/mol. The van der Waals surface area contributed by atoms with Crippen molar-refractivity contribution < 1.29 is 24.2 Å². The van der Waals surface area contributed by atoms with Gasteiger partial charge in [-0.25, -0.2) is 4.68 Å². The summed E-state index contributed by atoms with van der Waals surface area (Å²) in [6.07, 6.45) is 4.15. The van der Waals surface area contributed by atoms with Crippen LogP contribution in [0, 0.1) is 11.8 Å². The molecule has 0 radical (unpaired) electrons. The van der Waals surface area contributed by atoms with Gasteiger partial charge in [0.15, 0.2) is 0 Å². The summed E-state index contributed by atoms with van der Waals surface area (Å²) in [5.41, 5.74) is 0.559. The molecule has 3 aliphatic heterocycles. The van der Waals surface area contributed by atoms with Gasteiger partial charge in [-0.3, -0.25) is 14.4 Å². The number of rotatable bonds is 12. The standard InChI is InChI=1S/C31H38N6O5/c1-30-15-16-31(42-30)25(24(30)27(39)32-19-21-11-5-4-6-12-21)29(41)36(17-9-2-3-10-18-38)26(31)28(40)33-20-37-23-14-8-7-13-22(23)34-35-37/h4-8,11-14,24-26,38H,2-3,9-10,15-20H2,1H3,(H,32,39)(H,33,40)/t24-,25+,26?,30+,31?/m1/s1. The lowest BCUT2D eigenvalue weighted by atomic mass is 9.66. The third-order valence-electron chi connectivity index (χ3n) is 9.25. The molecule has 11 nitrogen and oxygen atoms in total. The topological polar surface area (TPSA) is 139 Å². The number of nitrogens with one attached hydrogen (secondary N) is 2. The highest BCUT2D eigenvalue weighted by molar-refractivity contribution is 5.99. The molecule has 0 aliphatic carbocycles. The first kappa shape index (κ1) is 28.3. The maximum atomic E-state index is 14.2. The summed E-state index contributed by atoms with van der Waals surface area (Å²) >= 11 is 0. The molecule has 42 heavy (non-hydrogen) atoms. The van der Waals surface area contributed by atoms with Crippen LogP contribution in [-0.4, -0.2) is 73.1 Å². The van der Waals surface area contributed by atoms with E-state index in [1.807, 2.05) is 61.5 Å². The second-order valence-electron chi connectivity index (χ2n) is 11.9. The van der Waals surface area contributed by atoms with Gasteiger partial charge in [0.2, 0.25) is 17.7 Å². The number of aliphatic hydroxyl groups excluding tert-OH is 1.